The van der Waals surface area contributed by atoms with Gasteiger partial charge in [-0.25, -0.2) is 0 Å². The third kappa shape index (κ3) is 1.83. The Morgan fingerprint density at radius 1 is 0.444 bits per heavy atom. The van der Waals surface area contributed by atoms with E-state index in [2.05, 4.69) is 81.6 Å². The van der Waals surface area contributed by atoms with Gasteiger partial charge in [-0.3, -0.25) is 0 Å². The summed E-state index contributed by atoms with van der Waals surface area (Å²) >= 11 is 0. The first-order chi connectivity index (χ1) is 17.8. The third-order valence-electron chi connectivity index (χ3n) is 8.00. The highest BCUT2D eigenvalue weighted by molar-refractivity contribution is 6.36. The number of nitrogens with zero attached hydrogens (tertiary/aromatic N) is 4. The van der Waals surface area contributed by atoms with Gasteiger partial charge in [0.2, 0.25) is 0 Å². The zero-order chi connectivity index (χ0) is 23.7. The summed E-state index contributed by atoms with van der Waals surface area (Å²) < 4.78 is 4.68. The maximum absolute atomic E-state index is 9.68. The van der Waals surface area contributed by atoms with Gasteiger partial charge < -0.3 is 8.80 Å². The number of fused-ring (bicyclic) bond motifs is 13. The highest BCUT2D eigenvalue weighted by atomic mass is 14.9. The Morgan fingerprint density at radius 3 is 1.81 bits per heavy atom. The summed E-state index contributed by atoms with van der Waals surface area (Å²) in [5, 5.41) is 28.9. The van der Waals surface area contributed by atoms with Gasteiger partial charge in [0.25, 0.3) is 0 Å². The topological polar surface area (TPSA) is 56.4 Å². The summed E-state index contributed by atoms with van der Waals surface area (Å²) in [7, 11) is 0. The lowest BCUT2D eigenvalue weighted by Gasteiger charge is -2.02. The van der Waals surface area contributed by atoms with E-state index in [1.807, 2.05) is 24.3 Å². The number of rotatable bonds is 0. The van der Waals surface area contributed by atoms with E-state index in [-0.39, 0.29) is 0 Å². The molecule has 0 atom stereocenters. The summed E-state index contributed by atoms with van der Waals surface area (Å²) in [6.07, 6.45) is 0. The van der Waals surface area contributed by atoms with Crippen LogP contribution in [0.15, 0.2) is 84.9 Å². The average molecular weight is 454 g/mol. The number of benzene rings is 5. The highest BCUT2D eigenvalue weighted by Crippen LogP contribution is 2.47. The van der Waals surface area contributed by atoms with Crippen LogP contribution in [0, 0.1) is 22.7 Å². The number of para-hydroxylation sites is 2. The summed E-state index contributed by atoms with van der Waals surface area (Å²) in [5.74, 6) is 0. The first-order valence-corrected chi connectivity index (χ1v) is 11.9. The van der Waals surface area contributed by atoms with Gasteiger partial charge in [0.05, 0.1) is 56.4 Å². The molecular weight excluding hydrogens is 440 g/mol. The van der Waals surface area contributed by atoms with Crippen molar-refractivity contribution in [1.29, 1.82) is 10.5 Å². The quantitative estimate of drug-likeness (QED) is 0.235. The van der Waals surface area contributed by atoms with Crippen LogP contribution in [0.3, 0.4) is 0 Å². The molecule has 0 spiro atoms. The number of hydrogen-bond acceptors (Lipinski definition) is 2. The van der Waals surface area contributed by atoms with Gasteiger partial charge in [0, 0.05) is 43.1 Å². The molecule has 0 bridgehead atoms. The predicted octanol–water partition coefficient (Wildman–Crippen LogP) is 7.73. The van der Waals surface area contributed by atoms with Crippen LogP contribution in [-0.2, 0) is 0 Å². The fourth-order valence-electron chi connectivity index (χ4n) is 6.64. The minimum Gasteiger partial charge on any atom is -0.308 e. The molecule has 0 saturated heterocycles. The number of nitriles is 2. The lowest BCUT2D eigenvalue weighted by Crippen LogP contribution is -1.83. The fraction of sp³-hybridized carbons (Fsp3) is 0. The Balaban J connectivity index is 1.71. The Kier molecular flexibility index (Phi) is 2.93. The van der Waals surface area contributed by atoms with E-state index in [1.54, 1.807) is 0 Å². The molecule has 0 unspecified atom stereocenters. The van der Waals surface area contributed by atoms with Crippen molar-refractivity contribution in [2.45, 2.75) is 0 Å². The second-order valence-electron chi connectivity index (χ2n) is 9.62. The molecule has 0 saturated carbocycles. The molecule has 4 nitrogen and oxygen atoms in total. The molecule has 0 amide bonds. The summed E-state index contributed by atoms with van der Waals surface area (Å²) in [5.41, 5.74) is 8.04. The third-order valence-corrected chi connectivity index (χ3v) is 8.00. The second-order valence-corrected chi connectivity index (χ2v) is 9.62. The van der Waals surface area contributed by atoms with E-state index in [1.165, 1.54) is 48.9 Å². The van der Waals surface area contributed by atoms with Gasteiger partial charge in [-0.1, -0.05) is 48.5 Å². The van der Waals surface area contributed by atoms with Crippen LogP contribution in [0.5, 0.6) is 0 Å². The Morgan fingerprint density at radius 2 is 1.03 bits per heavy atom. The lowest BCUT2D eigenvalue weighted by atomic mass is 10.0. The van der Waals surface area contributed by atoms with Gasteiger partial charge in [0.15, 0.2) is 0 Å². The van der Waals surface area contributed by atoms with Crippen LogP contribution >= 0.6 is 0 Å². The Bertz CT molecular complexity index is 2490. The van der Waals surface area contributed by atoms with Crippen molar-refractivity contribution < 1.29 is 0 Å². The first-order valence-electron chi connectivity index (χ1n) is 11.9. The van der Waals surface area contributed by atoms with E-state index in [0.717, 1.165) is 27.3 Å². The van der Waals surface area contributed by atoms with E-state index in [0.29, 0.717) is 11.1 Å². The minimum atomic E-state index is 0.627. The molecule has 36 heavy (non-hydrogen) atoms. The molecule has 0 fully saturated rings. The molecule has 0 N–H and O–H groups in total. The van der Waals surface area contributed by atoms with Gasteiger partial charge in [-0.15, -0.1) is 0 Å². The smallest absolute Gasteiger partial charge is 0.0992 e. The standard InChI is InChI=1S/C32H14N4/c33-15-17-8-10-20-24-14-25-22-6-3-5-21-19-4-1-2-7-26(19)36(30(21)22)32(25)29-23-11-9-18(16-34)13-28(23)35(31(24)29)27(20)12-17/h1-14H. The van der Waals surface area contributed by atoms with Gasteiger partial charge in [-0.05, 0) is 36.4 Å². The van der Waals surface area contributed by atoms with Gasteiger partial charge >= 0.3 is 0 Å². The Hall–Kier alpha value is -5.32. The zero-order valence-corrected chi connectivity index (χ0v) is 18.9. The van der Waals surface area contributed by atoms with Gasteiger partial charge in [-0.2, -0.15) is 10.5 Å². The van der Waals surface area contributed by atoms with E-state index < -0.39 is 0 Å². The molecule has 4 heterocycles. The van der Waals surface area contributed by atoms with Crippen LogP contribution in [0.2, 0.25) is 0 Å². The van der Waals surface area contributed by atoms with Crippen LogP contribution in [-0.4, -0.2) is 8.80 Å². The first kappa shape index (κ1) is 18.1. The van der Waals surface area contributed by atoms with Crippen molar-refractivity contribution in [3.63, 3.8) is 0 Å². The molecule has 162 valence electrons. The molecule has 5 aromatic carbocycles. The molecule has 0 radical (unpaired) electrons. The molecule has 0 aliphatic heterocycles. The monoisotopic (exact) mass is 454 g/mol. The van der Waals surface area contributed by atoms with Crippen LogP contribution in [0.4, 0.5) is 0 Å². The molecule has 4 aromatic heterocycles. The molecule has 9 rings (SSSR count). The second kappa shape index (κ2) is 5.84. The highest BCUT2D eigenvalue weighted by Gasteiger charge is 2.25. The van der Waals surface area contributed by atoms with E-state index >= 15 is 0 Å². The summed E-state index contributed by atoms with van der Waals surface area (Å²) in [4.78, 5) is 0. The molecule has 4 heteroatoms. The molecule has 0 aliphatic carbocycles. The van der Waals surface area contributed by atoms with Crippen molar-refractivity contribution in [2.24, 2.45) is 0 Å². The van der Waals surface area contributed by atoms with Crippen LogP contribution < -0.4 is 0 Å². The van der Waals surface area contributed by atoms with Crippen molar-refractivity contribution in [1.82, 2.24) is 8.80 Å². The molecular formula is C32H14N4. The Labute approximate surface area is 203 Å². The maximum atomic E-state index is 9.68. The number of aromatic nitrogens is 2. The van der Waals surface area contributed by atoms with Gasteiger partial charge in [0.1, 0.15) is 0 Å². The van der Waals surface area contributed by atoms with Crippen molar-refractivity contribution in [3.8, 4) is 12.1 Å². The molecule has 0 aliphatic rings. The maximum Gasteiger partial charge on any atom is 0.0992 e. The van der Waals surface area contributed by atoms with Crippen molar-refractivity contribution in [2.75, 3.05) is 0 Å². The minimum absolute atomic E-state index is 0.627. The van der Waals surface area contributed by atoms with E-state index in [4.69, 9.17) is 0 Å². The normalized spacial score (nSPS) is 12.4. The lowest BCUT2D eigenvalue weighted by molar-refractivity contribution is 1.36. The van der Waals surface area contributed by atoms with E-state index in [9.17, 15) is 10.5 Å². The zero-order valence-electron chi connectivity index (χ0n) is 18.9. The SMILES string of the molecule is N#Cc1ccc2c3cc4c5cccc6c7ccccc7n(c65)c4c4c5ccc(C#N)cc5n(c2c1)c34. The number of hydrogen-bond donors (Lipinski definition) is 0. The molecule has 9 aromatic rings. The van der Waals surface area contributed by atoms with Crippen LogP contribution in [0.1, 0.15) is 11.1 Å². The van der Waals surface area contributed by atoms with Crippen LogP contribution in [0.25, 0.3) is 76.2 Å². The average Bonchev–Trinajstić information content (AvgIpc) is 3.64. The van der Waals surface area contributed by atoms with Crippen molar-refractivity contribution >= 4 is 76.2 Å². The summed E-state index contributed by atoms with van der Waals surface area (Å²) in [6.45, 7) is 0. The van der Waals surface area contributed by atoms with Crippen molar-refractivity contribution in [3.05, 3.63) is 96.1 Å². The fourth-order valence-corrected chi connectivity index (χ4v) is 6.64. The summed E-state index contributed by atoms with van der Waals surface area (Å²) in [6, 6.07) is 34.0. The predicted molar refractivity (Wildman–Crippen MR) is 145 cm³/mol. The largest absolute Gasteiger partial charge is 0.308 e.